The highest BCUT2D eigenvalue weighted by molar-refractivity contribution is 6.30. The van der Waals surface area contributed by atoms with Crippen molar-refractivity contribution in [2.24, 2.45) is 0 Å². The molecule has 0 spiro atoms. The number of halogens is 1. The van der Waals surface area contributed by atoms with Gasteiger partial charge >= 0.3 is 0 Å². The average Bonchev–Trinajstić information content (AvgIpc) is 2.65. The van der Waals surface area contributed by atoms with E-state index < -0.39 is 11.8 Å². The molecule has 0 aromatic heterocycles. The first-order valence-electron chi connectivity index (χ1n) is 7.82. The number of carbonyl (C=O) groups is 2. The summed E-state index contributed by atoms with van der Waals surface area (Å²) in [5.41, 5.74) is 4.89. The summed E-state index contributed by atoms with van der Waals surface area (Å²) in [7, 11) is 1.48. The van der Waals surface area contributed by atoms with E-state index in [1.165, 1.54) is 13.2 Å². The molecule has 2 N–H and O–H groups in total. The molecule has 8 heteroatoms. The number of methoxy groups -OCH3 is 1. The maximum absolute atomic E-state index is 12.1. The van der Waals surface area contributed by atoms with Gasteiger partial charge in [0.15, 0.2) is 18.1 Å². The third-order valence-electron chi connectivity index (χ3n) is 3.21. The van der Waals surface area contributed by atoms with Crippen molar-refractivity contribution in [3.05, 3.63) is 53.1 Å². The van der Waals surface area contributed by atoms with Crippen molar-refractivity contribution in [2.45, 2.75) is 6.92 Å². The number of amides is 2. The Labute approximate surface area is 156 Å². The molecule has 0 fully saturated rings. The van der Waals surface area contributed by atoms with Crippen LogP contribution in [0, 0.1) is 0 Å². The van der Waals surface area contributed by atoms with Gasteiger partial charge in [0, 0.05) is 10.6 Å². The largest absolute Gasteiger partial charge is 0.493 e. The molecule has 0 saturated heterocycles. The highest BCUT2D eigenvalue weighted by Gasteiger charge is 2.12. The first-order valence-corrected chi connectivity index (χ1v) is 8.19. The second kappa shape index (κ2) is 9.53. The fraction of sp³-hybridized carbons (Fsp3) is 0.222. The Bertz CT molecular complexity index is 782. The molecule has 2 aromatic rings. The van der Waals surface area contributed by atoms with E-state index in [1.54, 1.807) is 36.4 Å². The Hall–Kier alpha value is -2.93. The monoisotopic (exact) mass is 378 g/mol. The zero-order chi connectivity index (χ0) is 18.9. The Balaban J connectivity index is 1.86. The summed E-state index contributed by atoms with van der Waals surface area (Å²) in [6, 6.07) is 11.4. The van der Waals surface area contributed by atoms with Crippen LogP contribution in [0.2, 0.25) is 5.02 Å². The number of hydrazine groups is 1. The van der Waals surface area contributed by atoms with Crippen LogP contribution in [-0.4, -0.2) is 32.1 Å². The van der Waals surface area contributed by atoms with Crippen LogP contribution in [0.5, 0.6) is 17.2 Å². The van der Waals surface area contributed by atoms with Crippen molar-refractivity contribution in [1.29, 1.82) is 0 Å². The fourth-order valence-corrected chi connectivity index (χ4v) is 2.20. The molecule has 0 heterocycles. The molecule has 0 radical (unpaired) electrons. The van der Waals surface area contributed by atoms with E-state index in [-0.39, 0.29) is 6.61 Å². The fourth-order valence-electron chi connectivity index (χ4n) is 2.02. The Morgan fingerprint density at radius 1 is 1.04 bits per heavy atom. The minimum Gasteiger partial charge on any atom is -0.493 e. The maximum atomic E-state index is 12.1. The molecule has 0 saturated carbocycles. The van der Waals surface area contributed by atoms with E-state index in [1.807, 2.05) is 6.92 Å². The van der Waals surface area contributed by atoms with Crippen LogP contribution >= 0.6 is 11.6 Å². The minimum absolute atomic E-state index is 0.271. The van der Waals surface area contributed by atoms with Crippen LogP contribution in [0.25, 0.3) is 0 Å². The lowest BCUT2D eigenvalue weighted by molar-refractivity contribution is -0.123. The molecule has 0 aliphatic carbocycles. The quantitative estimate of drug-likeness (QED) is 0.723. The number of rotatable bonds is 7. The van der Waals surface area contributed by atoms with Gasteiger partial charge in [-0.15, -0.1) is 0 Å². The Morgan fingerprint density at radius 3 is 2.54 bits per heavy atom. The lowest BCUT2D eigenvalue weighted by Gasteiger charge is -2.12. The SMILES string of the molecule is CCOc1ccc(C(=O)NNC(=O)COc2cccc(Cl)c2)cc1OC. The molecule has 0 unspecified atom stereocenters. The van der Waals surface area contributed by atoms with E-state index in [2.05, 4.69) is 10.9 Å². The Kier molecular flexibility index (Phi) is 7.11. The van der Waals surface area contributed by atoms with E-state index >= 15 is 0 Å². The number of carbonyl (C=O) groups excluding carboxylic acids is 2. The molecule has 2 aromatic carbocycles. The lowest BCUT2D eigenvalue weighted by Crippen LogP contribution is -2.43. The molecule has 0 aliphatic rings. The highest BCUT2D eigenvalue weighted by atomic mass is 35.5. The minimum atomic E-state index is -0.517. The molecule has 26 heavy (non-hydrogen) atoms. The van der Waals surface area contributed by atoms with E-state index in [0.717, 1.165) is 0 Å². The van der Waals surface area contributed by atoms with Gasteiger partial charge in [-0.25, -0.2) is 0 Å². The summed E-state index contributed by atoms with van der Waals surface area (Å²) in [4.78, 5) is 23.9. The number of nitrogens with one attached hydrogen (secondary N) is 2. The summed E-state index contributed by atoms with van der Waals surface area (Å²) < 4.78 is 15.9. The summed E-state index contributed by atoms with van der Waals surface area (Å²) in [5.74, 6) is 0.398. The summed E-state index contributed by atoms with van der Waals surface area (Å²) in [6.07, 6.45) is 0. The van der Waals surface area contributed by atoms with Gasteiger partial charge in [-0.1, -0.05) is 17.7 Å². The van der Waals surface area contributed by atoms with Gasteiger partial charge < -0.3 is 14.2 Å². The zero-order valence-electron chi connectivity index (χ0n) is 14.4. The van der Waals surface area contributed by atoms with Crippen LogP contribution in [0.4, 0.5) is 0 Å². The second-order valence-corrected chi connectivity index (χ2v) is 5.48. The topological polar surface area (TPSA) is 85.9 Å². The molecule has 138 valence electrons. The van der Waals surface area contributed by atoms with Crippen molar-refractivity contribution >= 4 is 23.4 Å². The van der Waals surface area contributed by atoms with Crippen LogP contribution in [0.1, 0.15) is 17.3 Å². The third-order valence-corrected chi connectivity index (χ3v) is 3.44. The second-order valence-electron chi connectivity index (χ2n) is 5.05. The highest BCUT2D eigenvalue weighted by Crippen LogP contribution is 2.27. The molecular formula is C18H19ClN2O5. The summed E-state index contributed by atoms with van der Waals surface area (Å²) >= 11 is 5.83. The van der Waals surface area contributed by atoms with Gasteiger partial charge in [0.25, 0.3) is 11.8 Å². The van der Waals surface area contributed by atoms with Crippen LogP contribution in [0.15, 0.2) is 42.5 Å². The van der Waals surface area contributed by atoms with Crippen molar-refractivity contribution in [1.82, 2.24) is 10.9 Å². The molecule has 0 aliphatic heterocycles. The number of ether oxygens (including phenoxy) is 3. The van der Waals surface area contributed by atoms with E-state index in [0.29, 0.717) is 34.4 Å². The number of hydrogen-bond donors (Lipinski definition) is 2. The average molecular weight is 379 g/mol. The molecule has 0 bridgehead atoms. The van der Waals surface area contributed by atoms with Gasteiger partial charge in [0.2, 0.25) is 0 Å². The van der Waals surface area contributed by atoms with Crippen LogP contribution in [0.3, 0.4) is 0 Å². The summed E-state index contributed by atoms with van der Waals surface area (Å²) in [5, 5.41) is 0.501. The van der Waals surface area contributed by atoms with Gasteiger partial charge in [-0.05, 0) is 43.3 Å². The van der Waals surface area contributed by atoms with Gasteiger partial charge in [0.05, 0.1) is 13.7 Å². The van der Waals surface area contributed by atoms with E-state index in [4.69, 9.17) is 25.8 Å². The predicted octanol–water partition coefficient (Wildman–Crippen LogP) is 2.59. The van der Waals surface area contributed by atoms with Crippen LogP contribution in [-0.2, 0) is 4.79 Å². The van der Waals surface area contributed by atoms with Gasteiger partial charge in [0.1, 0.15) is 5.75 Å². The first-order chi connectivity index (χ1) is 12.5. The molecule has 7 nitrogen and oxygen atoms in total. The zero-order valence-corrected chi connectivity index (χ0v) is 15.1. The molecule has 0 atom stereocenters. The van der Waals surface area contributed by atoms with Gasteiger partial charge in [-0.2, -0.15) is 0 Å². The predicted molar refractivity (Wildman–Crippen MR) is 96.7 cm³/mol. The van der Waals surface area contributed by atoms with Crippen molar-refractivity contribution < 1.29 is 23.8 Å². The van der Waals surface area contributed by atoms with E-state index in [9.17, 15) is 9.59 Å². The standard InChI is InChI=1S/C18H19ClN2O5/c1-3-25-15-8-7-12(9-16(15)24-2)18(23)21-20-17(22)11-26-14-6-4-5-13(19)10-14/h4-10H,3,11H2,1-2H3,(H,20,22)(H,21,23). The number of hydrogen-bond acceptors (Lipinski definition) is 5. The van der Waals surface area contributed by atoms with Crippen LogP contribution < -0.4 is 25.1 Å². The normalized spacial score (nSPS) is 9.96. The molecular weight excluding hydrogens is 360 g/mol. The van der Waals surface area contributed by atoms with Gasteiger partial charge in [-0.3, -0.25) is 20.4 Å². The first kappa shape index (κ1) is 19.4. The smallest absolute Gasteiger partial charge is 0.276 e. The maximum Gasteiger partial charge on any atom is 0.276 e. The molecule has 2 amide bonds. The summed E-state index contributed by atoms with van der Waals surface area (Å²) in [6.45, 7) is 2.05. The Morgan fingerprint density at radius 2 is 1.85 bits per heavy atom. The van der Waals surface area contributed by atoms with Crippen molar-refractivity contribution in [3.8, 4) is 17.2 Å². The third kappa shape index (κ3) is 5.56. The number of benzene rings is 2. The lowest BCUT2D eigenvalue weighted by atomic mass is 10.2. The van der Waals surface area contributed by atoms with Crippen molar-refractivity contribution in [2.75, 3.05) is 20.3 Å². The molecule has 2 rings (SSSR count). The van der Waals surface area contributed by atoms with Crippen molar-refractivity contribution in [3.63, 3.8) is 0 Å².